The van der Waals surface area contributed by atoms with Crippen molar-refractivity contribution in [3.63, 3.8) is 0 Å². The molecular weight excluding hydrogens is 398 g/mol. The minimum Gasteiger partial charge on any atom is -0.496 e. The van der Waals surface area contributed by atoms with E-state index in [0.717, 1.165) is 5.56 Å². The monoisotopic (exact) mass is 421 g/mol. The van der Waals surface area contributed by atoms with E-state index in [0.29, 0.717) is 35.3 Å². The summed E-state index contributed by atoms with van der Waals surface area (Å²) in [4.78, 5) is 51.2. The Morgan fingerprint density at radius 1 is 0.903 bits per heavy atom. The molecule has 31 heavy (non-hydrogen) atoms. The Bertz CT molecular complexity index is 1170. The highest BCUT2D eigenvalue weighted by Gasteiger charge is 2.45. The molecule has 0 aromatic heterocycles. The third kappa shape index (κ3) is 2.95. The number of benzene rings is 2. The molecule has 7 heteroatoms. The Morgan fingerprint density at radius 2 is 1.42 bits per heavy atom. The number of fused-ring (bicyclic) bond motifs is 3. The number of methoxy groups -OCH3 is 2. The fourth-order valence-electron chi connectivity index (χ4n) is 4.85. The number of rotatable bonds is 4. The van der Waals surface area contributed by atoms with Gasteiger partial charge in [-0.3, -0.25) is 19.2 Å². The van der Waals surface area contributed by atoms with Crippen LogP contribution in [0.4, 0.5) is 0 Å². The first-order valence-corrected chi connectivity index (χ1v) is 10.0. The lowest BCUT2D eigenvalue weighted by molar-refractivity contribution is -0.130. The average Bonchev–Trinajstić information content (AvgIpc) is 2.75. The number of hydrogen-bond acceptors (Lipinski definition) is 6. The molecule has 1 atom stereocenters. The summed E-state index contributed by atoms with van der Waals surface area (Å²) in [6.07, 6.45) is 0.879. The van der Waals surface area contributed by atoms with Crippen LogP contribution in [-0.4, -0.2) is 43.0 Å². The molecule has 0 fully saturated rings. The van der Waals surface area contributed by atoms with Crippen LogP contribution in [0, 0.1) is 0 Å². The van der Waals surface area contributed by atoms with Gasteiger partial charge in [0.15, 0.2) is 17.3 Å². The van der Waals surface area contributed by atoms with Crippen LogP contribution < -0.4 is 14.8 Å². The van der Waals surface area contributed by atoms with Gasteiger partial charge in [-0.15, -0.1) is 0 Å². The molecule has 160 valence electrons. The van der Waals surface area contributed by atoms with Gasteiger partial charge in [-0.25, -0.2) is 0 Å². The normalized spacial score (nSPS) is 19.1. The molecule has 0 aliphatic heterocycles. The van der Waals surface area contributed by atoms with E-state index in [1.165, 1.54) is 28.1 Å². The number of ketones is 3. The van der Waals surface area contributed by atoms with E-state index in [9.17, 15) is 19.2 Å². The van der Waals surface area contributed by atoms with Crippen molar-refractivity contribution in [3.05, 3.63) is 57.6 Å². The molecule has 0 spiro atoms. The summed E-state index contributed by atoms with van der Waals surface area (Å²) in [5.41, 5.74) is 1.18. The first-order chi connectivity index (χ1) is 14.8. The lowest BCUT2D eigenvalue weighted by Gasteiger charge is -2.39. The maximum atomic E-state index is 13.4. The molecule has 0 saturated heterocycles. The second kappa shape index (κ2) is 7.34. The van der Waals surface area contributed by atoms with E-state index in [4.69, 9.17) is 9.47 Å². The number of nitrogens with one attached hydrogen (secondary N) is 1. The summed E-state index contributed by atoms with van der Waals surface area (Å²) >= 11 is 0. The molecule has 2 aromatic carbocycles. The van der Waals surface area contributed by atoms with Crippen LogP contribution in [-0.2, 0) is 22.4 Å². The fraction of sp³-hybridized carbons (Fsp3) is 0.333. The van der Waals surface area contributed by atoms with Gasteiger partial charge in [0.2, 0.25) is 5.91 Å². The number of amides is 1. The topological polar surface area (TPSA) is 98.8 Å². The summed E-state index contributed by atoms with van der Waals surface area (Å²) in [6.45, 7) is 2.80. The molecule has 7 nitrogen and oxygen atoms in total. The molecule has 2 aromatic rings. The van der Waals surface area contributed by atoms with Crippen LogP contribution in [0.25, 0.3) is 0 Å². The predicted molar refractivity (Wildman–Crippen MR) is 112 cm³/mol. The van der Waals surface area contributed by atoms with E-state index in [-0.39, 0.29) is 46.6 Å². The van der Waals surface area contributed by atoms with Gasteiger partial charge in [0.05, 0.1) is 25.3 Å². The quantitative estimate of drug-likeness (QED) is 0.695. The van der Waals surface area contributed by atoms with Crippen molar-refractivity contribution in [2.45, 2.75) is 38.6 Å². The SMILES string of the molecule is COc1c2c(c(OC)c3c1C(=O)c1ccccc1C3=O)CC(NC(C)=O)(C(C)=O)CC2. The average molecular weight is 421 g/mol. The summed E-state index contributed by atoms with van der Waals surface area (Å²) in [7, 11) is 2.89. The van der Waals surface area contributed by atoms with E-state index in [1.807, 2.05) is 0 Å². The van der Waals surface area contributed by atoms with Crippen molar-refractivity contribution in [1.29, 1.82) is 0 Å². The van der Waals surface area contributed by atoms with Gasteiger partial charge in [0.1, 0.15) is 17.0 Å². The Balaban J connectivity index is 2.02. The largest absolute Gasteiger partial charge is 0.496 e. The van der Waals surface area contributed by atoms with E-state index in [1.54, 1.807) is 24.3 Å². The fourth-order valence-corrected chi connectivity index (χ4v) is 4.85. The molecule has 0 radical (unpaired) electrons. The van der Waals surface area contributed by atoms with Crippen molar-refractivity contribution < 1.29 is 28.7 Å². The van der Waals surface area contributed by atoms with Gasteiger partial charge in [-0.05, 0) is 19.8 Å². The smallest absolute Gasteiger partial charge is 0.217 e. The minimum absolute atomic E-state index is 0.143. The molecule has 2 aliphatic rings. The van der Waals surface area contributed by atoms with Crippen LogP contribution in [0.3, 0.4) is 0 Å². The minimum atomic E-state index is -1.11. The number of hydrogen-bond donors (Lipinski definition) is 1. The van der Waals surface area contributed by atoms with E-state index < -0.39 is 5.54 Å². The molecule has 0 heterocycles. The first kappa shape index (κ1) is 20.8. The van der Waals surface area contributed by atoms with Gasteiger partial charge in [-0.2, -0.15) is 0 Å². The summed E-state index contributed by atoms with van der Waals surface area (Å²) in [5, 5.41) is 2.80. The molecule has 4 rings (SSSR count). The standard InChI is InChI=1S/C24H23NO6/c1-12(26)24(25-13(2)27)10-9-16-17(11-24)23(31-4)19-18(22(16)30-3)20(28)14-7-5-6-8-15(14)21(19)29/h5-8H,9-11H2,1-4H3,(H,25,27). The molecule has 1 N–H and O–H groups in total. The maximum absolute atomic E-state index is 13.4. The maximum Gasteiger partial charge on any atom is 0.217 e. The van der Waals surface area contributed by atoms with Gasteiger partial charge < -0.3 is 14.8 Å². The van der Waals surface area contributed by atoms with Crippen LogP contribution >= 0.6 is 0 Å². The van der Waals surface area contributed by atoms with Crippen LogP contribution in [0.2, 0.25) is 0 Å². The van der Waals surface area contributed by atoms with Gasteiger partial charge in [0, 0.05) is 35.6 Å². The molecule has 0 bridgehead atoms. The Kier molecular flexibility index (Phi) is 4.92. The number of ether oxygens (including phenoxy) is 2. The third-order valence-corrected chi connectivity index (χ3v) is 6.26. The van der Waals surface area contributed by atoms with Crippen molar-refractivity contribution in [3.8, 4) is 11.5 Å². The Labute approximate surface area is 179 Å². The first-order valence-electron chi connectivity index (χ1n) is 10.0. The number of carbonyl (C=O) groups is 4. The zero-order chi connectivity index (χ0) is 22.5. The lowest BCUT2D eigenvalue weighted by Crippen LogP contribution is -2.56. The van der Waals surface area contributed by atoms with Crippen molar-refractivity contribution in [2.75, 3.05) is 14.2 Å². The van der Waals surface area contributed by atoms with E-state index >= 15 is 0 Å². The number of carbonyl (C=O) groups excluding carboxylic acids is 4. The van der Waals surface area contributed by atoms with Crippen LogP contribution in [0.5, 0.6) is 11.5 Å². The van der Waals surface area contributed by atoms with Crippen molar-refractivity contribution in [1.82, 2.24) is 5.32 Å². The van der Waals surface area contributed by atoms with Crippen molar-refractivity contribution >= 4 is 23.3 Å². The highest BCUT2D eigenvalue weighted by Crippen LogP contribution is 2.48. The highest BCUT2D eigenvalue weighted by molar-refractivity contribution is 6.30. The zero-order valence-electron chi connectivity index (χ0n) is 17.9. The van der Waals surface area contributed by atoms with Gasteiger partial charge in [-0.1, -0.05) is 24.3 Å². The molecule has 1 unspecified atom stereocenters. The third-order valence-electron chi connectivity index (χ3n) is 6.26. The molecule has 1 amide bonds. The molecule has 2 aliphatic carbocycles. The van der Waals surface area contributed by atoms with Crippen LogP contribution in [0.15, 0.2) is 24.3 Å². The van der Waals surface area contributed by atoms with Crippen LogP contribution in [0.1, 0.15) is 63.2 Å². The summed E-state index contributed by atoms with van der Waals surface area (Å²) < 4.78 is 11.3. The second-order valence-electron chi connectivity index (χ2n) is 7.97. The summed E-state index contributed by atoms with van der Waals surface area (Å²) in [6, 6.07) is 6.66. The Morgan fingerprint density at radius 3 is 1.87 bits per heavy atom. The zero-order valence-corrected chi connectivity index (χ0v) is 17.9. The lowest BCUT2D eigenvalue weighted by atomic mass is 9.71. The van der Waals surface area contributed by atoms with E-state index in [2.05, 4.69) is 5.32 Å². The van der Waals surface area contributed by atoms with Crippen molar-refractivity contribution in [2.24, 2.45) is 0 Å². The molecular formula is C24H23NO6. The second-order valence-corrected chi connectivity index (χ2v) is 7.97. The highest BCUT2D eigenvalue weighted by atomic mass is 16.5. The number of Topliss-reactive ketones (excluding diaryl/α,β-unsaturated/α-hetero) is 1. The summed E-state index contributed by atoms with van der Waals surface area (Å²) in [5.74, 6) is -0.536. The van der Waals surface area contributed by atoms with Gasteiger partial charge in [0.25, 0.3) is 0 Å². The van der Waals surface area contributed by atoms with Gasteiger partial charge >= 0.3 is 0 Å². The molecule has 0 saturated carbocycles. The predicted octanol–water partition coefficient (Wildman–Crippen LogP) is 2.43. The Hall–Kier alpha value is -3.48.